The molecule has 5 heteroatoms. The molecule has 1 aromatic carbocycles. The fraction of sp³-hybridized carbons (Fsp3) is 0.500. The van der Waals surface area contributed by atoms with Gasteiger partial charge in [0.25, 0.3) is 0 Å². The van der Waals surface area contributed by atoms with Gasteiger partial charge in [0.1, 0.15) is 5.82 Å². The zero-order valence-corrected chi connectivity index (χ0v) is 13.7. The van der Waals surface area contributed by atoms with Crippen LogP contribution >= 0.6 is 34.8 Å². The Morgan fingerprint density at radius 1 is 1.32 bits per heavy atom. The van der Waals surface area contributed by atoms with Gasteiger partial charge in [-0.15, -0.1) is 0 Å². The second-order valence-corrected chi connectivity index (χ2v) is 7.05. The second-order valence-electron chi connectivity index (χ2n) is 5.50. The maximum Gasteiger partial charge on any atom is 0.178 e. The quantitative estimate of drug-likeness (QED) is 0.525. The molecule has 0 saturated heterocycles. The fourth-order valence-electron chi connectivity index (χ4n) is 2.98. The van der Waals surface area contributed by atoms with Crippen molar-refractivity contribution in [3.8, 4) is 0 Å². The molecule has 0 amide bonds. The van der Waals surface area contributed by atoms with Crippen molar-refractivity contribution < 1.29 is 4.39 Å². The van der Waals surface area contributed by atoms with Crippen LogP contribution in [0.5, 0.6) is 0 Å². The van der Waals surface area contributed by atoms with E-state index < -0.39 is 0 Å². The molecule has 1 N–H and O–H groups in total. The average molecular weight is 390 g/mol. The standard InChI is InChI=1S/C14H16FIN2S/c1-8-2-4-9(5-3-8)18-13-6-10(15)11(16)7-12(13)17-14(18)19/h6-9H,2-5H2,1H3,(H,17,19). The lowest BCUT2D eigenvalue weighted by Gasteiger charge is -2.27. The van der Waals surface area contributed by atoms with Crippen LogP contribution in [0.15, 0.2) is 12.1 Å². The normalized spacial score (nSPS) is 23.9. The van der Waals surface area contributed by atoms with E-state index in [4.69, 9.17) is 12.2 Å². The number of nitrogens with one attached hydrogen (secondary N) is 1. The molecule has 1 aliphatic carbocycles. The van der Waals surface area contributed by atoms with E-state index in [2.05, 4.69) is 16.5 Å². The Bertz CT molecular complexity index is 668. The molecule has 0 radical (unpaired) electrons. The SMILES string of the molecule is CC1CCC(n2c(=S)[nH]c3cc(I)c(F)cc32)CC1. The molecule has 2 aromatic rings. The number of aromatic nitrogens is 2. The molecule has 1 aromatic heterocycles. The van der Waals surface area contributed by atoms with E-state index in [1.165, 1.54) is 12.8 Å². The van der Waals surface area contributed by atoms with Crippen LogP contribution in [0.25, 0.3) is 11.0 Å². The first kappa shape index (κ1) is 13.5. The van der Waals surface area contributed by atoms with E-state index in [1.807, 2.05) is 28.7 Å². The molecular weight excluding hydrogens is 374 g/mol. The molecule has 0 aliphatic heterocycles. The van der Waals surface area contributed by atoms with Gasteiger partial charge in [-0.1, -0.05) is 6.92 Å². The van der Waals surface area contributed by atoms with Crippen molar-refractivity contribution >= 4 is 45.8 Å². The van der Waals surface area contributed by atoms with Crippen LogP contribution in [-0.2, 0) is 0 Å². The summed E-state index contributed by atoms with van der Waals surface area (Å²) < 4.78 is 17.3. The van der Waals surface area contributed by atoms with Gasteiger partial charge in [-0.2, -0.15) is 0 Å². The first-order valence-corrected chi connectivity index (χ1v) is 8.14. The highest BCUT2D eigenvalue weighted by Crippen LogP contribution is 2.34. The van der Waals surface area contributed by atoms with Crippen LogP contribution < -0.4 is 0 Å². The topological polar surface area (TPSA) is 20.7 Å². The maximum atomic E-state index is 13.8. The van der Waals surface area contributed by atoms with E-state index in [1.54, 1.807) is 6.07 Å². The molecule has 19 heavy (non-hydrogen) atoms. The third-order valence-corrected chi connectivity index (χ3v) is 5.23. The minimum Gasteiger partial charge on any atom is -0.331 e. The lowest BCUT2D eigenvalue weighted by atomic mass is 9.87. The molecule has 0 bridgehead atoms. The molecule has 0 atom stereocenters. The van der Waals surface area contributed by atoms with Gasteiger partial charge in [0, 0.05) is 12.1 Å². The van der Waals surface area contributed by atoms with E-state index in [-0.39, 0.29) is 5.82 Å². The number of imidazole rings is 1. The summed E-state index contributed by atoms with van der Waals surface area (Å²) in [5, 5.41) is 0. The van der Waals surface area contributed by atoms with E-state index in [0.29, 0.717) is 9.61 Å². The number of aromatic amines is 1. The summed E-state index contributed by atoms with van der Waals surface area (Å²) in [6.45, 7) is 2.30. The van der Waals surface area contributed by atoms with Crippen molar-refractivity contribution in [3.05, 3.63) is 26.3 Å². The summed E-state index contributed by atoms with van der Waals surface area (Å²) >= 11 is 7.44. The van der Waals surface area contributed by atoms with E-state index in [9.17, 15) is 4.39 Å². The Morgan fingerprint density at radius 2 is 2.00 bits per heavy atom. The number of hydrogen-bond acceptors (Lipinski definition) is 1. The van der Waals surface area contributed by atoms with Crippen molar-refractivity contribution in [2.75, 3.05) is 0 Å². The summed E-state index contributed by atoms with van der Waals surface area (Å²) in [7, 11) is 0. The highest BCUT2D eigenvalue weighted by molar-refractivity contribution is 14.1. The summed E-state index contributed by atoms with van der Waals surface area (Å²) in [5.41, 5.74) is 1.84. The molecule has 1 heterocycles. The second kappa shape index (κ2) is 5.16. The van der Waals surface area contributed by atoms with Gasteiger partial charge >= 0.3 is 0 Å². The zero-order valence-electron chi connectivity index (χ0n) is 10.7. The lowest BCUT2D eigenvalue weighted by Crippen LogP contribution is -2.16. The largest absolute Gasteiger partial charge is 0.331 e. The van der Waals surface area contributed by atoms with Crippen molar-refractivity contribution in [2.24, 2.45) is 5.92 Å². The van der Waals surface area contributed by atoms with Crippen molar-refractivity contribution in [1.29, 1.82) is 0 Å². The number of halogens is 2. The van der Waals surface area contributed by atoms with Crippen LogP contribution in [0.4, 0.5) is 4.39 Å². The van der Waals surface area contributed by atoms with Crippen molar-refractivity contribution in [1.82, 2.24) is 9.55 Å². The van der Waals surface area contributed by atoms with E-state index >= 15 is 0 Å². The number of hydrogen-bond donors (Lipinski definition) is 1. The van der Waals surface area contributed by atoms with Crippen LogP contribution in [0, 0.1) is 20.1 Å². The predicted octanol–water partition coefficient (Wildman–Crippen LogP) is 5.19. The van der Waals surface area contributed by atoms with Crippen LogP contribution in [0.3, 0.4) is 0 Å². The molecule has 102 valence electrons. The molecule has 0 unspecified atom stereocenters. The monoisotopic (exact) mass is 390 g/mol. The Labute approximate surface area is 130 Å². The summed E-state index contributed by atoms with van der Waals surface area (Å²) in [6.07, 6.45) is 4.73. The lowest BCUT2D eigenvalue weighted by molar-refractivity contribution is 0.292. The predicted molar refractivity (Wildman–Crippen MR) is 86.5 cm³/mol. The molecule has 1 aliphatic rings. The maximum absolute atomic E-state index is 13.8. The minimum absolute atomic E-state index is 0.167. The first-order valence-electron chi connectivity index (χ1n) is 6.65. The van der Waals surface area contributed by atoms with Gasteiger partial charge in [-0.05, 0) is 72.5 Å². The van der Waals surface area contributed by atoms with Gasteiger partial charge < -0.3 is 9.55 Å². The van der Waals surface area contributed by atoms with Gasteiger partial charge in [-0.25, -0.2) is 4.39 Å². The number of rotatable bonds is 1. The minimum atomic E-state index is -0.167. The summed E-state index contributed by atoms with van der Waals surface area (Å²) in [6, 6.07) is 3.86. The van der Waals surface area contributed by atoms with Crippen molar-refractivity contribution in [3.63, 3.8) is 0 Å². The van der Waals surface area contributed by atoms with Crippen LogP contribution in [-0.4, -0.2) is 9.55 Å². The molecule has 1 saturated carbocycles. The Morgan fingerprint density at radius 3 is 2.68 bits per heavy atom. The molecule has 1 fully saturated rings. The van der Waals surface area contributed by atoms with E-state index in [0.717, 1.165) is 34.6 Å². The number of H-pyrrole nitrogens is 1. The molecular formula is C14H16FIN2S. The third kappa shape index (κ3) is 2.46. The Kier molecular flexibility index (Phi) is 3.68. The van der Waals surface area contributed by atoms with Gasteiger partial charge in [-0.3, -0.25) is 0 Å². The fourth-order valence-corrected chi connectivity index (χ4v) is 3.81. The van der Waals surface area contributed by atoms with Crippen LogP contribution in [0.1, 0.15) is 38.6 Å². The van der Waals surface area contributed by atoms with Gasteiger partial charge in [0.15, 0.2) is 4.77 Å². The summed E-state index contributed by atoms with van der Waals surface area (Å²) in [5.74, 6) is 0.633. The molecule has 3 rings (SSSR count). The van der Waals surface area contributed by atoms with Crippen molar-refractivity contribution in [2.45, 2.75) is 38.6 Å². The first-order chi connectivity index (χ1) is 9.06. The average Bonchev–Trinajstić information content (AvgIpc) is 2.67. The summed E-state index contributed by atoms with van der Waals surface area (Å²) in [4.78, 5) is 3.21. The van der Waals surface area contributed by atoms with Crippen LogP contribution in [0.2, 0.25) is 0 Å². The highest BCUT2D eigenvalue weighted by atomic mass is 127. The number of nitrogens with zero attached hydrogens (tertiary/aromatic N) is 1. The number of benzene rings is 1. The Hall–Kier alpha value is -0.430. The van der Waals surface area contributed by atoms with Gasteiger partial charge in [0.05, 0.1) is 14.6 Å². The highest BCUT2D eigenvalue weighted by Gasteiger charge is 2.22. The smallest absolute Gasteiger partial charge is 0.178 e. The molecule has 0 spiro atoms. The molecule has 2 nitrogen and oxygen atoms in total. The third-order valence-electron chi connectivity index (χ3n) is 4.11. The zero-order chi connectivity index (χ0) is 13.6. The number of fused-ring (bicyclic) bond motifs is 1. The Balaban J connectivity index is 2.10. The van der Waals surface area contributed by atoms with Gasteiger partial charge in [0.2, 0.25) is 0 Å².